The maximum Gasteiger partial charge on any atom is 0.407 e. The van der Waals surface area contributed by atoms with Crippen molar-refractivity contribution in [2.24, 2.45) is 5.73 Å². The van der Waals surface area contributed by atoms with Gasteiger partial charge in [0.15, 0.2) is 5.88 Å². The van der Waals surface area contributed by atoms with E-state index in [-0.39, 0.29) is 11.4 Å². The summed E-state index contributed by atoms with van der Waals surface area (Å²) in [7, 11) is 0. The molecular formula is C6H7F3N2O. The highest BCUT2D eigenvalue weighted by atomic mass is 19.4. The molecule has 3 nitrogen and oxygen atoms in total. The largest absolute Gasteiger partial charge is 0.495 e. The van der Waals surface area contributed by atoms with Crippen LogP contribution < -0.4 is 5.73 Å². The normalized spacial score (nSPS) is 14.7. The monoisotopic (exact) mass is 180 g/mol. The first-order chi connectivity index (χ1) is 5.41. The van der Waals surface area contributed by atoms with Gasteiger partial charge in [0.1, 0.15) is 6.04 Å². The second kappa shape index (κ2) is 2.71. The molecule has 68 valence electrons. The number of aromatic amines is 1. The Hall–Kier alpha value is -1.17. The summed E-state index contributed by atoms with van der Waals surface area (Å²) < 4.78 is 35.8. The third kappa shape index (κ3) is 1.70. The number of aromatic nitrogens is 1. The molecule has 1 unspecified atom stereocenters. The molecule has 1 rings (SSSR count). The molecule has 0 fully saturated rings. The van der Waals surface area contributed by atoms with Gasteiger partial charge in [-0.25, -0.2) is 0 Å². The van der Waals surface area contributed by atoms with E-state index in [4.69, 9.17) is 10.8 Å². The fraction of sp³-hybridized carbons (Fsp3) is 0.333. The van der Waals surface area contributed by atoms with Crippen molar-refractivity contribution in [3.63, 3.8) is 0 Å². The molecular weight excluding hydrogens is 173 g/mol. The van der Waals surface area contributed by atoms with Crippen molar-refractivity contribution in [2.45, 2.75) is 12.2 Å². The van der Waals surface area contributed by atoms with Crippen LogP contribution in [0.1, 0.15) is 11.6 Å². The zero-order valence-electron chi connectivity index (χ0n) is 5.89. The molecule has 4 N–H and O–H groups in total. The van der Waals surface area contributed by atoms with Crippen LogP contribution in [-0.4, -0.2) is 16.3 Å². The van der Waals surface area contributed by atoms with Gasteiger partial charge in [0.25, 0.3) is 0 Å². The lowest BCUT2D eigenvalue weighted by atomic mass is 10.1. The molecule has 0 saturated heterocycles. The Labute approximate surface area is 66.0 Å². The lowest BCUT2D eigenvalue weighted by molar-refractivity contribution is -0.149. The van der Waals surface area contributed by atoms with E-state index in [0.29, 0.717) is 0 Å². The molecule has 0 aliphatic heterocycles. The number of aromatic hydroxyl groups is 1. The minimum atomic E-state index is -4.48. The molecule has 0 saturated carbocycles. The lowest BCUT2D eigenvalue weighted by Gasteiger charge is -2.13. The van der Waals surface area contributed by atoms with Crippen molar-refractivity contribution in [3.8, 4) is 5.88 Å². The van der Waals surface area contributed by atoms with E-state index >= 15 is 0 Å². The van der Waals surface area contributed by atoms with Crippen molar-refractivity contribution in [1.82, 2.24) is 4.98 Å². The van der Waals surface area contributed by atoms with Gasteiger partial charge in [-0.2, -0.15) is 13.2 Å². The number of rotatable bonds is 1. The maximum atomic E-state index is 11.9. The summed E-state index contributed by atoms with van der Waals surface area (Å²) in [5.74, 6) is -0.329. The molecule has 1 atom stereocenters. The van der Waals surface area contributed by atoms with Crippen LogP contribution in [0.15, 0.2) is 12.3 Å². The fourth-order valence-corrected chi connectivity index (χ4v) is 0.767. The Morgan fingerprint density at radius 3 is 2.42 bits per heavy atom. The van der Waals surface area contributed by atoms with E-state index in [1.807, 2.05) is 0 Å². The lowest BCUT2D eigenvalue weighted by Crippen LogP contribution is -2.27. The molecule has 0 radical (unpaired) electrons. The average Bonchev–Trinajstić information content (AvgIpc) is 2.32. The van der Waals surface area contributed by atoms with Crippen molar-refractivity contribution < 1.29 is 18.3 Å². The van der Waals surface area contributed by atoms with Crippen molar-refractivity contribution in [3.05, 3.63) is 17.8 Å². The highest BCUT2D eigenvalue weighted by molar-refractivity contribution is 5.23. The molecule has 0 aromatic carbocycles. The molecule has 0 aliphatic carbocycles. The van der Waals surface area contributed by atoms with Gasteiger partial charge in [0, 0.05) is 12.3 Å². The van der Waals surface area contributed by atoms with Crippen LogP contribution in [0.4, 0.5) is 13.2 Å². The van der Waals surface area contributed by atoms with Gasteiger partial charge in [0.2, 0.25) is 0 Å². The van der Waals surface area contributed by atoms with E-state index < -0.39 is 12.2 Å². The first kappa shape index (κ1) is 8.92. The smallest absolute Gasteiger partial charge is 0.407 e. The van der Waals surface area contributed by atoms with Gasteiger partial charge in [-0.15, -0.1) is 0 Å². The molecule has 0 amide bonds. The van der Waals surface area contributed by atoms with E-state index in [1.165, 1.54) is 0 Å². The number of H-pyrrole nitrogens is 1. The standard InChI is InChI=1S/C6H7F3N2O/c7-6(8,9)5(10)3-1-4(12)11-2-3/h1-2,5,11-12H,10H2. The molecule has 6 heteroatoms. The summed E-state index contributed by atoms with van der Waals surface area (Å²) in [5.41, 5.74) is 4.65. The first-order valence-corrected chi connectivity index (χ1v) is 3.11. The van der Waals surface area contributed by atoms with E-state index in [2.05, 4.69) is 4.98 Å². The number of hydrogen-bond donors (Lipinski definition) is 3. The molecule has 1 heterocycles. The Balaban J connectivity index is 2.85. The summed E-state index contributed by atoms with van der Waals surface area (Å²) in [6, 6.07) is -1.10. The van der Waals surface area contributed by atoms with Crippen LogP contribution in [0.5, 0.6) is 5.88 Å². The minimum Gasteiger partial charge on any atom is -0.495 e. The van der Waals surface area contributed by atoms with Crippen molar-refractivity contribution >= 4 is 0 Å². The summed E-state index contributed by atoms with van der Waals surface area (Å²) in [5, 5.41) is 8.69. The van der Waals surface area contributed by atoms with Gasteiger partial charge < -0.3 is 15.8 Å². The van der Waals surface area contributed by atoms with E-state index in [1.54, 1.807) is 0 Å². The molecule has 1 aromatic heterocycles. The summed E-state index contributed by atoms with van der Waals surface area (Å²) in [6.07, 6.45) is -3.46. The summed E-state index contributed by atoms with van der Waals surface area (Å²) in [4.78, 5) is 2.20. The Morgan fingerprint density at radius 1 is 1.50 bits per heavy atom. The van der Waals surface area contributed by atoms with Crippen molar-refractivity contribution in [2.75, 3.05) is 0 Å². The Kier molecular flexibility index (Phi) is 2.01. The van der Waals surface area contributed by atoms with Crippen LogP contribution in [-0.2, 0) is 0 Å². The van der Waals surface area contributed by atoms with Crippen LogP contribution >= 0.6 is 0 Å². The Morgan fingerprint density at radius 2 is 2.08 bits per heavy atom. The average molecular weight is 180 g/mol. The highest BCUT2D eigenvalue weighted by Crippen LogP contribution is 2.31. The quantitative estimate of drug-likeness (QED) is 0.609. The SMILES string of the molecule is NC(c1c[nH]c(O)c1)C(F)(F)F. The van der Waals surface area contributed by atoms with Gasteiger partial charge in [-0.05, 0) is 5.56 Å². The van der Waals surface area contributed by atoms with Gasteiger partial charge >= 0.3 is 6.18 Å². The Bertz CT molecular complexity index is 268. The zero-order chi connectivity index (χ0) is 9.35. The maximum absolute atomic E-state index is 11.9. The molecule has 1 aromatic rings. The first-order valence-electron chi connectivity index (χ1n) is 3.11. The van der Waals surface area contributed by atoms with Crippen LogP contribution in [0, 0.1) is 0 Å². The van der Waals surface area contributed by atoms with Crippen LogP contribution in [0.3, 0.4) is 0 Å². The molecule has 12 heavy (non-hydrogen) atoms. The second-order valence-electron chi connectivity index (χ2n) is 2.34. The van der Waals surface area contributed by atoms with Crippen LogP contribution in [0.2, 0.25) is 0 Å². The third-order valence-corrected chi connectivity index (χ3v) is 1.40. The van der Waals surface area contributed by atoms with Gasteiger partial charge in [0.05, 0.1) is 0 Å². The van der Waals surface area contributed by atoms with Crippen molar-refractivity contribution in [1.29, 1.82) is 0 Å². The second-order valence-corrected chi connectivity index (χ2v) is 2.34. The predicted molar refractivity (Wildman–Crippen MR) is 35.4 cm³/mol. The van der Waals surface area contributed by atoms with Gasteiger partial charge in [-0.3, -0.25) is 0 Å². The summed E-state index contributed by atoms with van der Waals surface area (Å²) in [6.45, 7) is 0. The molecule has 0 aliphatic rings. The number of halogens is 3. The minimum absolute atomic E-state index is 0.181. The zero-order valence-corrected chi connectivity index (χ0v) is 5.89. The molecule has 0 bridgehead atoms. The fourth-order valence-electron chi connectivity index (χ4n) is 0.767. The van der Waals surface area contributed by atoms with Crippen LogP contribution in [0.25, 0.3) is 0 Å². The molecule has 0 spiro atoms. The number of alkyl halides is 3. The highest BCUT2D eigenvalue weighted by Gasteiger charge is 2.38. The number of nitrogens with two attached hydrogens (primary N) is 1. The van der Waals surface area contributed by atoms with Gasteiger partial charge in [-0.1, -0.05) is 0 Å². The number of hydrogen-bond acceptors (Lipinski definition) is 2. The number of nitrogens with one attached hydrogen (secondary N) is 1. The van der Waals surface area contributed by atoms with E-state index in [9.17, 15) is 13.2 Å². The predicted octanol–water partition coefficient (Wildman–Crippen LogP) is 1.28. The summed E-state index contributed by atoms with van der Waals surface area (Å²) >= 11 is 0. The third-order valence-electron chi connectivity index (χ3n) is 1.40. The topological polar surface area (TPSA) is 62.0 Å². The van der Waals surface area contributed by atoms with E-state index in [0.717, 1.165) is 12.3 Å².